The maximum atomic E-state index is 6.07. The summed E-state index contributed by atoms with van der Waals surface area (Å²) in [6, 6.07) is 16.0. The van der Waals surface area contributed by atoms with Crippen LogP contribution in [0.5, 0.6) is 5.75 Å². The standard InChI is InChI=1S/C16H14ClNOS/c17-14-3-1-2-4-15(14)19-10-13-8-12-6-5-11(9-18)7-16(12)20-13/h1-8H,9-10,18H2. The van der Waals surface area contributed by atoms with Crippen molar-refractivity contribution >= 4 is 33.0 Å². The predicted molar refractivity (Wildman–Crippen MR) is 85.5 cm³/mol. The zero-order chi connectivity index (χ0) is 13.9. The topological polar surface area (TPSA) is 35.2 Å². The Morgan fingerprint density at radius 3 is 2.75 bits per heavy atom. The third kappa shape index (κ3) is 2.80. The average molecular weight is 304 g/mol. The molecule has 20 heavy (non-hydrogen) atoms. The van der Waals surface area contributed by atoms with E-state index in [0.717, 1.165) is 5.56 Å². The van der Waals surface area contributed by atoms with Gasteiger partial charge in [0.2, 0.25) is 0 Å². The molecule has 1 heterocycles. The molecule has 0 spiro atoms. The number of para-hydroxylation sites is 1. The van der Waals surface area contributed by atoms with Gasteiger partial charge in [-0.2, -0.15) is 0 Å². The molecule has 0 unspecified atom stereocenters. The van der Waals surface area contributed by atoms with Crippen molar-refractivity contribution in [2.75, 3.05) is 0 Å². The van der Waals surface area contributed by atoms with Crippen LogP contribution in [0.25, 0.3) is 10.1 Å². The lowest BCUT2D eigenvalue weighted by Crippen LogP contribution is -1.94. The monoisotopic (exact) mass is 303 g/mol. The molecule has 0 aliphatic rings. The molecule has 0 saturated carbocycles. The molecule has 102 valence electrons. The first-order valence-corrected chi connectivity index (χ1v) is 7.54. The number of hydrogen-bond donors (Lipinski definition) is 1. The van der Waals surface area contributed by atoms with Crippen LogP contribution in [0, 0.1) is 0 Å². The van der Waals surface area contributed by atoms with Crippen LogP contribution in [0.15, 0.2) is 48.5 Å². The molecule has 0 aliphatic heterocycles. The maximum absolute atomic E-state index is 6.07. The Kier molecular flexibility index (Phi) is 3.92. The molecule has 0 radical (unpaired) electrons. The molecule has 0 aliphatic carbocycles. The number of nitrogens with two attached hydrogens (primary N) is 1. The Morgan fingerprint density at radius 2 is 1.95 bits per heavy atom. The van der Waals surface area contributed by atoms with Gasteiger partial charge in [0.1, 0.15) is 12.4 Å². The van der Waals surface area contributed by atoms with E-state index in [1.54, 1.807) is 11.3 Å². The lowest BCUT2D eigenvalue weighted by atomic mass is 10.2. The van der Waals surface area contributed by atoms with Crippen LogP contribution in [0.3, 0.4) is 0 Å². The van der Waals surface area contributed by atoms with Crippen LogP contribution in [-0.2, 0) is 13.2 Å². The number of rotatable bonds is 4. The highest BCUT2D eigenvalue weighted by Crippen LogP contribution is 2.29. The molecular formula is C16H14ClNOS. The van der Waals surface area contributed by atoms with Crippen molar-refractivity contribution in [3.63, 3.8) is 0 Å². The zero-order valence-corrected chi connectivity index (χ0v) is 12.4. The summed E-state index contributed by atoms with van der Waals surface area (Å²) in [6.07, 6.45) is 0. The van der Waals surface area contributed by atoms with Gasteiger partial charge >= 0.3 is 0 Å². The summed E-state index contributed by atoms with van der Waals surface area (Å²) in [5, 5.41) is 1.86. The van der Waals surface area contributed by atoms with Crippen molar-refractivity contribution < 1.29 is 4.74 Å². The minimum absolute atomic E-state index is 0.529. The molecule has 0 atom stereocenters. The summed E-state index contributed by atoms with van der Waals surface area (Å²) in [4.78, 5) is 1.18. The minimum atomic E-state index is 0.529. The van der Waals surface area contributed by atoms with E-state index < -0.39 is 0 Å². The first kappa shape index (κ1) is 13.4. The molecule has 3 aromatic rings. The summed E-state index contributed by atoms with van der Waals surface area (Å²) in [7, 11) is 0. The third-order valence-electron chi connectivity index (χ3n) is 3.08. The average Bonchev–Trinajstić information content (AvgIpc) is 2.88. The van der Waals surface area contributed by atoms with E-state index in [-0.39, 0.29) is 0 Å². The van der Waals surface area contributed by atoms with Gasteiger partial charge in [-0.05, 0) is 35.2 Å². The van der Waals surface area contributed by atoms with Crippen molar-refractivity contribution in [1.29, 1.82) is 0 Å². The van der Waals surface area contributed by atoms with Gasteiger partial charge in [-0.25, -0.2) is 0 Å². The van der Waals surface area contributed by atoms with E-state index >= 15 is 0 Å². The molecular weight excluding hydrogens is 290 g/mol. The van der Waals surface area contributed by atoms with Crippen LogP contribution in [0.4, 0.5) is 0 Å². The Hall–Kier alpha value is -1.55. The fraction of sp³-hybridized carbons (Fsp3) is 0.125. The van der Waals surface area contributed by atoms with Crippen LogP contribution in [0.1, 0.15) is 10.4 Å². The van der Waals surface area contributed by atoms with Crippen molar-refractivity contribution in [3.05, 3.63) is 64.0 Å². The smallest absolute Gasteiger partial charge is 0.138 e. The van der Waals surface area contributed by atoms with Crippen molar-refractivity contribution in [1.82, 2.24) is 0 Å². The van der Waals surface area contributed by atoms with E-state index in [4.69, 9.17) is 22.1 Å². The summed E-state index contributed by atoms with van der Waals surface area (Å²) in [5.74, 6) is 0.717. The molecule has 3 rings (SSSR count). The van der Waals surface area contributed by atoms with E-state index in [1.165, 1.54) is 15.0 Å². The Bertz CT molecular complexity index is 738. The molecule has 2 aromatic carbocycles. The van der Waals surface area contributed by atoms with Gasteiger partial charge in [0, 0.05) is 16.1 Å². The number of thiophene rings is 1. The van der Waals surface area contributed by atoms with Gasteiger partial charge in [-0.15, -0.1) is 11.3 Å². The van der Waals surface area contributed by atoms with Gasteiger partial charge in [0.05, 0.1) is 5.02 Å². The molecule has 0 fully saturated rings. The lowest BCUT2D eigenvalue weighted by molar-refractivity contribution is 0.310. The fourth-order valence-corrected chi connectivity index (χ4v) is 3.27. The van der Waals surface area contributed by atoms with E-state index in [1.807, 2.05) is 24.3 Å². The van der Waals surface area contributed by atoms with Crippen LogP contribution < -0.4 is 10.5 Å². The van der Waals surface area contributed by atoms with Crippen LogP contribution in [-0.4, -0.2) is 0 Å². The Labute approximate surface area is 126 Å². The summed E-state index contributed by atoms with van der Waals surface area (Å²) in [6.45, 7) is 1.10. The number of hydrogen-bond acceptors (Lipinski definition) is 3. The highest BCUT2D eigenvalue weighted by molar-refractivity contribution is 7.19. The van der Waals surface area contributed by atoms with E-state index in [0.29, 0.717) is 23.9 Å². The van der Waals surface area contributed by atoms with Gasteiger partial charge in [0.15, 0.2) is 0 Å². The quantitative estimate of drug-likeness (QED) is 0.765. The maximum Gasteiger partial charge on any atom is 0.138 e. The third-order valence-corrected chi connectivity index (χ3v) is 4.46. The van der Waals surface area contributed by atoms with Gasteiger partial charge in [0.25, 0.3) is 0 Å². The van der Waals surface area contributed by atoms with E-state index in [2.05, 4.69) is 24.3 Å². The van der Waals surface area contributed by atoms with Gasteiger partial charge in [-0.3, -0.25) is 0 Å². The zero-order valence-electron chi connectivity index (χ0n) is 10.8. The second-order valence-electron chi connectivity index (χ2n) is 4.51. The molecule has 2 nitrogen and oxygen atoms in total. The number of benzene rings is 2. The first-order chi connectivity index (χ1) is 9.76. The molecule has 4 heteroatoms. The van der Waals surface area contributed by atoms with E-state index in [9.17, 15) is 0 Å². The minimum Gasteiger partial charge on any atom is -0.487 e. The second kappa shape index (κ2) is 5.83. The van der Waals surface area contributed by atoms with Gasteiger partial charge < -0.3 is 10.5 Å². The largest absolute Gasteiger partial charge is 0.487 e. The highest BCUT2D eigenvalue weighted by Gasteiger charge is 2.05. The first-order valence-electron chi connectivity index (χ1n) is 6.35. The Balaban J connectivity index is 1.79. The molecule has 0 saturated heterocycles. The SMILES string of the molecule is NCc1ccc2cc(COc3ccccc3Cl)sc2c1. The van der Waals surface area contributed by atoms with Crippen LogP contribution in [0.2, 0.25) is 5.02 Å². The lowest BCUT2D eigenvalue weighted by Gasteiger charge is -2.05. The van der Waals surface area contributed by atoms with Crippen molar-refractivity contribution in [2.24, 2.45) is 5.73 Å². The van der Waals surface area contributed by atoms with Crippen LogP contribution >= 0.6 is 22.9 Å². The predicted octanol–water partition coefficient (Wildman–Crippen LogP) is 4.59. The molecule has 0 amide bonds. The summed E-state index contributed by atoms with van der Waals surface area (Å²) >= 11 is 7.80. The normalized spacial score (nSPS) is 10.9. The molecule has 1 aromatic heterocycles. The van der Waals surface area contributed by atoms with Crippen molar-refractivity contribution in [3.8, 4) is 5.75 Å². The fourth-order valence-electron chi connectivity index (χ4n) is 2.04. The van der Waals surface area contributed by atoms with Gasteiger partial charge in [-0.1, -0.05) is 35.9 Å². The van der Waals surface area contributed by atoms with Crippen molar-refractivity contribution in [2.45, 2.75) is 13.2 Å². The molecule has 2 N–H and O–H groups in total. The summed E-state index contributed by atoms with van der Waals surface area (Å²) in [5.41, 5.74) is 6.82. The molecule has 0 bridgehead atoms. The summed E-state index contributed by atoms with van der Waals surface area (Å²) < 4.78 is 7.00. The number of fused-ring (bicyclic) bond motifs is 1. The Morgan fingerprint density at radius 1 is 1.10 bits per heavy atom. The highest BCUT2D eigenvalue weighted by atomic mass is 35.5. The second-order valence-corrected chi connectivity index (χ2v) is 6.08. The number of ether oxygens (including phenoxy) is 1. The number of halogens is 1.